The first-order valence-corrected chi connectivity index (χ1v) is 11.4. The molecule has 0 spiro atoms. The zero-order valence-corrected chi connectivity index (χ0v) is 16.6. The summed E-state index contributed by atoms with van der Waals surface area (Å²) in [7, 11) is -8.78. The minimum absolute atomic E-state index is 0.249. The van der Waals surface area contributed by atoms with E-state index in [1.807, 2.05) is 0 Å². The third-order valence-electron chi connectivity index (χ3n) is 3.08. The average Bonchev–Trinajstić information content (AvgIpc) is 3.05. The summed E-state index contributed by atoms with van der Waals surface area (Å²) < 4.78 is 50.4. The van der Waals surface area contributed by atoms with E-state index in [1.165, 1.54) is 24.3 Å². The van der Waals surface area contributed by atoms with Crippen molar-refractivity contribution in [2.45, 2.75) is 9.24 Å². The fourth-order valence-electron chi connectivity index (χ4n) is 1.90. The molecule has 12 heteroatoms. The molecule has 7 nitrogen and oxygen atoms in total. The van der Waals surface area contributed by atoms with E-state index in [2.05, 4.69) is 10.2 Å². The van der Waals surface area contributed by atoms with E-state index in [0.717, 1.165) is 0 Å². The predicted octanol–water partition coefficient (Wildman–Crippen LogP) is 3.18. The first-order chi connectivity index (χ1) is 12.2. The SMILES string of the molecule is O=S(=O)(NS(=O)(=O)c1nnc(-c2ccccc2Cl)s1)c1ccc(Cl)cc1. The molecular formula is C14H9Cl2N3O4S3. The molecule has 0 fully saturated rings. The van der Waals surface area contributed by atoms with Crippen LogP contribution in [0, 0.1) is 0 Å². The lowest BCUT2D eigenvalue weighted by Gasteiger charge is -2.05. The second-order valence-corrected chi connectivity index (χ2v) is 10.5. The average molecular weight is 450 g/mol. The minimum atomic E-state index is -4.45. The van der Waals surface area contributed by atoms with Gasteiger partial charge in [0.2, 0.25) is 4.34 Å². The second-order valence-electron chi connectivity index (χ2n) is 4.90. The predicted molar refractivity (Wildman–Crippen MR) is 99.3 cm³/mol. The Morgan fingerprint density at radius 1 is 0.846 bits per heavy atom. The van der Waals surface area contributed by atoms with Gasteiger partial charge in [0.25, 0.3) is 20.0 Å². The third kappa shape index (κ3) is 4.05. The highest BCUT2D eigenvalue weighted by Gasteiger charge is 2.28. The highest BCUT2D eigenvalue weighted by molar-refractivity contribution is 8.05. The molecule has 0 saturated heterocycles. The van der Waals surface area contributed by atoms with Gasteiger partial charge >= 0.3 is 0 Å². The summed E-state index contributed by atoms with van der Waals surface area (Å²) in [6.45, 7) is 0. The Hall–Kier alpha value is -1.56. The zero-order chi connectivity index (χ0) is 18.9. The monoisotopic (exact) mass is 449 g/mol. The summed E-state index contributed by atoms with van der Waals surface area (Å²) in [4.78, 5) is -0.249. The standard InChI is InChI=1S/C14H9Cl2N3O4S3/c15-9-5-7-10(8-6-9)25(20,21)19-26(22,23)14-18-17-13(24-14)11-3-1-2-4-12(11)16/h1-8,19H. The van der Waals surface area contributed by atoms with Crippen molar-refractivity contribution in [2.75, 3.05) is 0 Å². The Morgan fingerprint density at radius 3 is 2.15 bits per heavy atom. The summed E-state index contributed by atoms with van der Waals surface area (Å²) in [5.74, 6) is 0. The van der Waals surface area contributed by atoms with Crippen LogP contribution in [0.2, 0.25) is 10.0 Å². The van der Waals surface area contributed by atoms with Gasteiger partial charge in [-0.15, -0.1) is 10.2 Å². The number of hydrogen-bond acceptors (Lipinski definition) is 7. The Balaban J connectivity index is 1.92. The maximum Gasteiger partial charge on any atom is 0.283 e. The summed E-state index contributed by atoms with van der Waals surface area (Å²) >= 11 is 12.5. The molecule has 0 aliphatic rings. The van der Waals surface area contributed by atoms with Gasteiger partial charge in [-0.2, -0.15) is 0 Å². The van der Waals surface area contributed by atoms with Crippen LogP contribution < -0.4 is 4.13 Å². The van der Waals surface area contributed by atoms with Crippen molar-refractivity contribution in [1.29, 1.82) is 0 Å². The van der Waals surface area contributed by atoms with Crippen molar-refractivity contribution in [3.8, 4) is 10.6 Å². The van der Waals surface area contributed by atoms with E-state index in [4.69, 9.17) is 23.2 Å². The van der Waals surface area contributed by atoms with Gasteiger partial charge in [0.05, 0.1) is 9.92 Å². The molecule has 0 atom stereocenters. The van der Waals surface area contributed by atoms with Gasteiger partial charge < -0.3 is 0 Å². The molecular weight excluding hydrogens is 441 g/mol. The van der Waals surface area contributed by atoms with E-state index in [1.54, 1.807) is 28.4 Å². The maximum absolute atomic E-state index is 12.4. The quantitative estimate of drug-likeness (QED) is 0.640. The Morgan fingerprint density at radius 2 is 1.50 bits per heavy atom. The number of hydrogen-bond donors (Lipinski definition) is 1. The first kappa shape index (κ1) is 19.2. The number of sulfonamides is 2. The molecule has 0 unspecified atom stereocenters. The van der Waals surface area contributed by atoms with Gasteiger partial charge in [-0.05, 0) is 30.3 Å². The van der Waals surface area contributed by atoms with Crippen molar-refractivity contribution in [1.82, 2.24) is 14.3 Å². The van der Waals surface area contributed by atoms with Crippen LogP contribution in [0.4, 0.5) is 0 Å². The highest BCUT2D eigenvalue weighted by Crippen LogP contribution is 2.31. The zero-order valence-electron chi connectivity index (χ0n) is 12.6. The van der Waals surface area contributed by atoms with Crippen molar-refractivity contribution in [2.24, 2.45) is 0 Å². The topological polar surface area (TPSA) is 106 Å². The molecule has 0 bridgehead atoms. The fraction of sp³-hybridized carbons (Fsp3) is 0. The van der Waals surface area contributed by atoms with Crippen LogP contribution in [0.5, 0.6) is 0 Å². The minimum Gasteiger partial charge on any atom is -0.206 e. The van der Waals surface area contributed by atoms with Crippen LogP contribution in [0.25, 0.3) is 10.6 Å². The number of benzene rings is 2. The smallest absolute Gasteiger partial charge is 0.206 e. The Bertz CT molecular complexity index is 1160. The molecule has 136 valence electrons. The van der Waals surface area contributed by atoms with Crippen molar-refractivity contribution < 1.29 is 16.8 Å². The summed E-state index contributed by atoms with van der Waals surface area (Å²) in [5.41, 5.74) is 0.494. The summed E-state index contributed by atoms with van der Waals surface area (Å²) in [6.07, 6.45) is 0. The lowest BCUT2D eigenvalue weighted by molar-refractivity contribution is 0.576. The van der Waals surface area contributed by atoms with Crippen LogP contribution >= 0.6 is 34.5 Å². The molecule has 1 N–H and O–H groups in total. The molecule has 3 aromatic rings. The third-order valence-corrected chi connectivity index (χ3v) is 8.51. The van der Waals surface area contributed by atoms with Crippen LogP contribution in [0.3, 0.4) is 0 Å². The second kappa shape index (κ2) is 7.22. The lowest BCUT2D eigenvalue weighted by Crippen LogP contribution is -2.30. The maximum atomic E-state index is 12.4. The molecule has 0 radical (unpaired) electrons. The molecule has 3 rings (SSSR count). The molecule has 1 heterocycles. The van der Waals surface area contributed by atoms with Crippen molar-refractivity contribution in [3.05, 3.63) is 58.6 Å². The lowest BCUT2D eigenvalue weighted by atomic mass is 10.2. The molecule has 0 aliphatic heterocycles. The molecule has 0 aliphatic carbocycles. The Labute approximate surface area is 163 Å². The largest absolute Gasteiger partial charge is 0.283 e. The Kier molecular flexibility index (Phi) is 5.33. The van der Waals surface area contributed by atoms with Crippen molar-refractivity contribution >= 4 is 54.6 Å². The van der Waals surface area contributed by atoms with Crippen LogP contribution in [-0.2, 0) is 20.0 Å². The number of rotatable bonds is 5. The molecule has 0 saturated carbocycles. The van der Waals surface area contributed by atoms with Gasteiger partial charge in [0.15, 0.2) is 0 Å². The van der Waals surface area contributed by atoms with E-state index in [0.29, 0.717) is 26.9 Å². The summed E-state index contributed by atoms with van der Waals surface area (Å²) in [6, 6.07) is 11.7. The van der Waals surface area contributed by atoms with Crippen LogP contribution in [0.1, 0.15) is 0 Å². The van der Waals surface area contributed by atoms with E-state index in [9.17, 15) is 16.8 Å². The molecule has 2 aromatic carbocycles. The van der Waals surface area contributed by atoms with E-state index < -0.39 is 24.4 Å². The van der Waals surface area contributed by atoms with E-state index >= 15 is 0 Å². The molecule has 0 amide bonds. The van der Waals surface area contributed by atoms with Crippen LogP contribution in [-0.4, -0.2) is 27.0 Å². The molecule has 1 aromatic heterocycles. The van der Waals surface area contributed by atoms with E-state index in [-0.39, 0.29) is 9.90 Å². The highest BCUT2D eigenvalue weighted by atomic mass is 35.5. The number of halogens is 2. The summed E-state index contributed by atoms with van der Waals surface area (Å²) in [5, 5.41) is 8.29. The van der Waals surface area contributed by atoms with Gasteiger partial charge in [-0.3, -0.25) is 0 Å². The van der Waals surface area contributed by atoms with Crippen molar-refractivity contribution in [3.63, 3.8) is 0 Å². The van der Waals surface area contributed by atoms with Gasteiger partial charge in [-0.1, -0.05) is 56.9 Å². The molecule has 26 heavy (non-hydrogen) atoms. The number of aromatic nitrogens is 2. The first-order valence-electron chi connectivity index (χ1n) is 6.82. The van der Waals surface area contributed by atoms with Gasteiger partial charge in [-0.25, -0.2) is 16.8 Å². The fourth-order valence-corrected chi connectivity index (χ4v) is 6.38. The van der Waals surface area contributed by atoms with Crippen LogP contribution in [0.15, 0.2) is 57.8 Å². The normalized spacial score (nSPS) is 12.2. The number of nitrogens with one attached hydrogen (secondary N) is 1. The number of nitrogens with zero attached hydrogens (tertiary/aromatic N) is 2. The van der Waals surface area contributed by atoms with Gasteiger partial charge in [0, 0.05) is 10.6 Å². The van der Waals surface area contributed by atoms with Gasteiger partial charge in [0.1, 0.15) is 5.01 Å².